The van der Waals surface area contributed by atoms with E-state index in [9.17, 15) is 4.79 Å². The number of carbonyl (C=O) groups is 1. The Hall–Kier alpha value is -3.02. The number of anilines is 1. The Morgan fingerprint density at radius 1 is 1.14 bits per heavy atom. The highest BCUT2D eigenvalue weighted by Crippen LogP contribution is 2.21. The number of hydrogen-bond acceptors (Lipinski definition) is 3. The molecule has 0 spiro atoms. The van der Waals surface area contributed by atoms with Crippen molar-refractivity contribution in [1.29, 1.82) is 0 Å². The molecule has 0 heterocycles. The monoisotopic (exact) mass is 396 g/mol. The smallest absolute Gasteiger partial charge is 0.221 e. The fourth-order valence-corrected chi connectivity index (χ4v) is 2.81. The lowest BCUT2D eigenvalue weighted by Crippen LogP contribution is -2.36. The van der Waals surface area contributed by atoms with Gasteiger partial charge in [-0.3, -0.25) is 4.79 Å². The molecule has 6 nitrogen and oxygen atoms in total. The number of guanidine groups is 1. The van der Waals surface area contributed by atoms with Crippen molar-refractivity contribution in [3.05, 3.63) is 59.2 Å². The maximum Gasteiger partial charge on any atom is 0.221 e. The van der Waals surface area contributed by atoms with Crippen molar-refractivity contribution in [3.8, 4) is 5.75 Å². The Bertz CT molecular complexity index is 847. The van der Waals surface area contributed by atoms with Crippen molar-refractivity contribution >= 4 is 17.6 Å². The first kappa shape index (κ1) is 22.3. The van der Waals surface area contributed by atoms with Crippen LogP contribution in [0, 0.1) is 6.92 Å². The number of benzene rings is 2. The van der Waals surface area contributed by atoms with Crippen LogP contribution >= 0.6 is 0 Å². The minimum Gasteiger partial charge on any atom is -0.491 e. The van der Waals surface area contributed by atoms with Gasteiger partial charge in [0.2, 0.25) is 5.91 Å². The van der Waals surface area contributed by atoms with E-state index in [4.69, 9.17) is 4.74 Å². The molecule has 0 aromatic heterocycles. The molecular formula is C23H32N4O2. The van der Waals surface area contributed by atoms with Gasteiger partial charge in [-0.2, -0.15) is 0 Å². The van der Waals surface area contributed by atoms with Gasteiger partial charge in [0.25, 0.3) is 0 Å². The van der Waals surface area contributed by atoms with Crippen LogP contribution in [0.1, 0.15) is 44.4 Å². The average Bonchev–Trinajstić information content (AvgIpc) is 2.64. The summed E-state index contributed by atoms with van der Waals surface area (Å²) in [4.78, 5) is 15.9. The number of aryl methyl sites for hydroxylation is 1. The average molecular weight is 397 g/mol. The van der Waals surface area contributed by atoms with Crippen molar-refractivity contribution in [2.75, 3.05) is 11.9 Å². The van der Waals surface area contributed by atoms with Gasteiger partial charge in [-0.15, -0.1) is 0 Å². The number of ether oxygens (including phenoxy) is 1. The quantitative estimate of drug-likeness (QED) is 0.466. The van der Waals surface area contributed by atoms with Gasteiger partial charge in [0.15, 0.2) is 5.96 Å². The van der Waals surface area contributed by atoms with Crippen LogP contribution in [0.2, 0.25) is 0 Å². The summed E-state index contributed by atoms with van der Waals surface area (Å²) in [6, 6.07) is 13.9. The van der Waals surface area contributed by atoms with Crippen molar-refractivity contribution in [2.24, 2.45) is 4.99 Å². The number of amides is 1. The van der Waals surface area contributed by atoms with Crippen LogP contribution in [0.5, 0.6) is 5.75 Å². The van der Waals surface area contributed by atoms with Gasteiger partial charge in [-0.05, 0) is 57.0 Å². The molecule has 0 bridgehead atoms. The first-order valence-corrected chi connectivity index (χ1v) is 10.0. The standard InChI is InChI=1S/C23H32N4O2/c1-6-24-23(25-14-19-8-7-9-21(13-19)27-18(5)28)26-15-20-11-10-17(4)12-22(20)29-16(2)3/h7-13,16H,6,14-15H2,1-5H3,(H,27,28)(H2,24,25,26). The largest absolute Gasteiger partial charge is 0.491 e. The van der Waals surface area contributed by atoms with Crippen molar-refractivity contribution in [2.45, 2.75) is 53.8 Å². The lowest BCUT2D eigenvalue weighted by molar-refractivity contribution is -0.114. The second kappa shape index (κ2) is 11.1. The van der Waals surface area contributed by atoms with E-state index < -0.39 is 0 Å². The minimum absolute atomic E-state index is 0.0850. The van der Waals surface area contributed by atoms with E-state index in [1.165, 1.54) is 12.5 Å². The van der Waals surface area contributed by atoms with Crippen molar-refractivity contribution in [1.82, 2.24) is 10.6 Å². The second-order valence-electron chi connectivity index (χ2n) is 7.21. The summed E-state index contributed by atoms with van der Waals surface area (Å²) in [6.07, 6.45) is 0.119. The second-order valence-corrected chi connectivity index (χ2v) is 7.21. The summed E-state index contributed by atoms with van der Waals surface area (Å²) in [5.41, 5.74) is 4.05. The summed E-state index contributed by atoms with van der Waals surface area (Å²) in [5, 5.41) is 9.44. The van der Waals surface area contributed by atoms with E-state index in [0.717, 1.165) is 35.1 Å². The maximum absolute atomic E-state index is 11.2. The molecule has 2 aromatic carbocycles. The predicted octanol–water partition coefficient (Wildman–Crippen LogP) is 4.00. The van der Waals surface area contributed by atoms with E-state index in [1.807, 2.05) is 45.0 Å². The molecular weight excluding hydrogens is 364 g/mol. The first-order valence-electron chi connectivity index (χ1n) is 10.0. The van der Waals surface area contributed by atoms with Gasteiger partial charge >= 0.3 is 0 Å². The zero-order valence-corrected chi connectivity index (χ0v) is 18.0. The number of rotatable bonds is 8. The Morgan fingerprint density at radius 3 is 2.62 bits per heavy atom. The van der Waals surface area contributed by atoms with Crippen LogP contribution in [0.25, 0.3) is 0 Å². The number of aliphatic imine (C=N–C) groups is 1. The van der Waals surface area contributed by atoms with Crippen molar-refractivity contribution in [3.63, 3.8) is 0 Å². The third-order valence-electron chi connectivity index (χ3n) is 4.04. The molecule has 0 unspecified atom stereocenters. The number of nitrogens with zero attached hydrogens (tertiary/aromatic N) is 1. The van der Waals surface area contributed by atoms with E-state index >= 15 is 0 Å². The lowest BCUT2D eigenvalue weighted by Gasteiger charge is -2.17. The molecule has 6 heteroatoms. The van der Waals surface area contributed by atoms with Gasteiger partial charge in [-0.1, -0.05) is 24.3 Å². The zero-order valence-electron chi connectivity index (χ0n) is 18.0. The summed E-state index contributed by atoms with van der Waals surface area (Å²) in [7, 11) is 0. The molecule has 2 rings (SSSR count). The predicted molar refractivity (Wildman–Crippen MR) is 119 cm³/mol. The van der Waals surface area contributed by atoms with Crippen molar-refractivity contribution < 1.29 is 9.53 Å². The maximum atomic E-state index is 11.2. The Labute approximate surface area is 173 Å². The lowest BCUT2D eigenvalue weighted by atomic mass is 10.1. The third kappa shape index (κ3) is 7.86. The Balaban J connectivity index is 2.08. The molecule has 156 valence electrons. The topological polar surface area (TPSA) is 74.8 Å². The Kier molecular flexibility index (Phi) is 8.52. The fraction of sp³-hybridized carbons (Fsp3) is 0.391. The zero-order chi connectivity index (χ0) is 21.2. The highest BCUT2D eigenvalue weighted by Gasteiger charge is 2.07. The number of hydrogen-bond donors (Lipinski definition) is 3. The first-order chi connectivity index (χ1) is 13.9. The third-order valence-corrected chi connectivity index (χ3v) is 4.04. The van der Waals surface area contributed by atoms with Crippen LogP contribution in [0.3, 0.4) is 0 Å². The van der Waals surface area contributed by atoms with E-state index in [-0.39, 0.29) is 12.0 Å². The van der Waals surface area contributed by atoms with Gasteiger partial charge in [0, 0.05) is 31.3 Å². The summed E-state index contributed by atoms with van der Waals surface area (Å²) < 4.78 is 5.96. The van der Waals surface area contributed by atoms with Crippen LogP contribution in [-0.4, -0.2) is 24.5 Å². The normalized spacial score (nSPS) is 11.3. The molecule has 0 saturated heterocycles. The molecule has 0 aliphatic carbocycles. The van der Waals surface area contributed by atoms with Crippen LogP contribution in [0.4, 0.5) is 5.69 Å². The van der Waals surface area contributed by atoms with Gasteiger partial charge in [0.1, 0.15) is 5.75 Å². The molecule has 0 saturated carbocycles. The molecule has 29 heavy (non-hydrogen) atoms. The molecule has 1 amide bonds. The fourth-order valence-electron chi connectivity index (χ4n) is 2.81. The molecule has 0 atom stereocenters. The molecule has 2 aromatic rings. The SMILES string of the molecule is CCNC(=NCc1cccc(NC(C)=O)c1)NCc1ccc(C)cc1OC(C)C. The highest BCUT2D eigenvalue weighted by molar-refractivity contribution is 5.88. The van der Waals surface area contributed by atoms with Crippen LogP contribution in [-0.2, 0) is 17.9 Å². The molecule has 0 radical (unpaired) electrons. The van der Waals surface area contributed by atoms with Crippen LogP contribution in [0.15, 0.2) is 47.5 Å². The van der Waals surface area contributed by atoms with E-state index in [1.54, 1.807) is 0 Å². The molecule has 3 N–H and O–H groups in total. The summed E-state index contributed by atoms with van der Waals surface area (Å²) in [6.45, 7) is 11.5. The minimum atomic E-state index is -0.0850. The summed E-state index contributed by atoms with van der Waals surface area (Å²) in [5.74, 6) is 1.54. The molecule has 0 aliphatic rings. The van der Waals surface area contributed by atoms with Gasteiger partial charge in [0.05, 0.1) is 12.6 Å². The van der Waals surface area contributed by atoms with Gasteiger partial charge in [-0.25, -0.2) is 4.99 Å². The summed E-state index contributed by atoms with van der Waals surface area (Å²) >= 11 is 0. The van der Waals surface area contributed by atoms with E-state index in [2.05, 4.69) is 46.1 Å². The van der Waals surface area contributed by atoms with Crippen LogP contribution < -0.4 is 20.7 Å². The molecule has 0 aliphatic heterocycles. The molecule has 0 fully saturated rings. The van der Waals surface area contributed by atoms with E-state index in [0.29, 0.717) is 13.1 Å². The Morgan fingerprint density at radius 2 is 1.93 bits per heavy atom. The number of nitrogens with one attached hydrogen (secondary N) is 3. The number of carbonyl (C=O) groups excluding carboxylic acids is 1. The van der Waals surface area contributed by atoms with Gasteiger partial charge < -0.3 is 20.7 Å². The highest BCUT2D eigenvalue weighted by atomic mass is 16.5.